The van der Waals surface area contributed by atoms with Crippen LogP contribution in [-0.2, 0) is 16.0 Å². The van der Waals surface area contributed by atoms with Crippen molar-refractivity contribution < 1.29 is 14.4 Å². The van der Waals surface area contributed by atoms with Crippen molar-refractivity contribution >= 4 is 34.2 Å². The third-order valence-electron chi connectivity index (χ3n) is 4.99. The Morgan fingerprint density at radius 2 is 1.93 bits per heavy atom. The molecule has 146 valence electrons. The summed E-state index contributed by atoms with van der Waals surface area (Å²) in [5.41, 5.74) is 5.28. The second kappa shape index (κ2) is 7.60. The summed E-state index contributed by atoms with van der Waals surface area (Å²) < 4.78 is 0. The molecule has 0 bridgehead atoms. The lowest BCUT2D eigenvalue weighted by molar-refractivity contribution is -0.131. The molecule has 0 saturated heterocycles. The molecule has 3 aromatic rings. The average Bonchev–Trinajstić information content (AvgIpc) is 3.15. The van der Waals surface area contributed by atoms with Crippen molar-refractivity contribution in [2.24, 2.45) is 0 Å². The van der Waals surface area contributed by atoms with Crippen LogP contribution in [0.25, 0.3) is 11.3 Å². The van der Waals surface area contributed by atoms with E-state index in [-0.39, 0.29) is 18.9 Å². The molecule has 1 aromatic heterocycles. The number of aryl methyl sites for hydroxylation is 2. The number of carbonyl (C=O) groups is 3. The fourth-order valence-electron chi connectivity index (χ4n) is 3.23. The molecule has 0 saturated carbocycles. The lowest BCUT2D eigenvalue weighted by Gasteiger charge is -2.26. The Morgan fingerprint density at radius 1 is 1.14 bits per heavy atom. The number of benzene rings is 2. The summed E-state index contributed by atoms with van der Waals surface area (Å²) in [5, 5.41) is 4.99. The number of imide groups is 1. The van der Waals surface area contributed by atoms with Gasteiger partial charge < -0.3 is 5.32 Å². The van der Waals surface area contributed by atoms with Crippen LogP contribution in [0.15, 0.2) is 47.8 Å². The zero-order chi connectivity index (χ0) is 20.5. The predicted octanol–water partition coefficient (Wildman–Crippen LogP) is 3.59. The highest BCUT2D eigenvalue weighted by Crippen LogP contribution is 2.26. The summed E-state index contributed by atoms with van der Waals surface area (Å²) in [6.07, 6.45) is 0.114. The molecule has 0 atom stereocenters. The van der Waals surface area contributed by atoms with Crippen molar-refractivity contribution in [3.8, 4) is 11.3 Å². The Kier molecular flexibility index (Phi) is 4.98. The maximum atomic E-state index is 12.6. The second-order valence-electron chi connectivity index (χ2n) is 7.00. The SMILES string of the molecule is Cc1ccc(-c2csc(NC(=O)CN3C(=O)Cc4ccccc4C3=O)n2)cc1C. The van der Waals surface area contributed by atoms with E-state index in [0.29, 0.717) is 16.3 Å². The second-order valence-corrected chi connectivity index (χ2v) is 7.86. The number of fused-ring (bicyclic) bond motifs is 1. The first-order valence-corrected chi connectivity index (χ1v) is 10.1. The van der Waals surface area contributed by atoms with Crippen LogP contribution in [0.4, 0.5) is 5.13 Å². The van der Waals surface area contributed by atoms with Gasteiger partial charge in [-0.25, -0.2) is 4.98 Å². The normalized spacial score (nSPS) is 13.4. The first-order chi connectivity index (χ1) is 13.9. The molecular formula is C22H19N3O3S. The van der Waals surface area contributed by atoms with Crippen LogP contribution < -0.4 is 5.32 Å². The van der Waals surface area contributed by atoms with Crippen LogP contribution in [0.3, 0.4) is 0 Å². The molecule has 0 radical (unpaired) electrons. The van der Waals surface area contributed by atoms with Crippen LogP contribution in [-0.4, -0.2) is 34.2 Å². The summed E-state index contributed by atoms with van der Waals surface area (Å²) in [6.45, 7) is 3.76. The van der Waals surface area contributed by atoms with Crippen molar-refractivity contribution in [1.82, 2.24) is 9.88 Å². The minimum absolute atomic E-state index is 0.114. The Balaban J connectivity index is 1.45. The van der Waals surface area contributed by atoms with Crippen LogP contribution in [0.2, 0.25) is 0 Å². The lowest BCUT2D eigenvalue weighted by atomic mass is 9.98. The van der Waals surface area contributed by atoms with Gasteiger partial charge in [-0.1, -0.05) is 30.3 Å². The van der Waals surface area contributed by atoms with Gasteiger partial charge in [0.05, 0.1) is 12.1 Å². The van der Waals surface area contributed by atoms with Gasteiger partial charge in [0, 0.05) is 16.5 Å². The quantitative estimate of drug-likeness (QED) is 0.673. The molecule has 3 amide bonds. The molecule has 1 N–H and O–H groups in total. The van der Waals surface area contributed by atoms with E-state index in [1.165, 1.54) is 22.5 Å². The Morgan fingerprint density at radius 3 is 2.72 bits per heavy atom. The Hall–Kier alpha value is -3.32. The van der Waals surface area contributed by atoms with E-state index in [1.807, 2.05) is 31.4 Å². The summed E-state index contributed by atoms with van der Waals surface area (Å²) in [5.74, 6) is -1.27. The smallest absolute Gasteiger partial charge is 0.261 e. The van der Waals surface area contributed by atoms with E-state index in [1.54, 1.807) is 24.3 Å². The molecule has 6 nitrogen and oxygen atoms in total. The van der Waals surface area contributed by atoms with Crippen LogP contribution in [0.5, 0.6) is 0 Å². The van der Waals surface area contributed by atoms with Gasteiger partial charge >= 0.3 is 0 Å². The maximum Gasteiger partial charge on any atom is 0.261 e. The number of rotatable bonds is 4. The summed E-state index contributed by atoms with van der Waals surface area (Å²) in [7, 11) is 0. The van der Waals surface area contributed by atoms with E-state index < -0.39 is 11.8 Å². The topological polar surface area (TPSA) is 79.4 Å². The van der Waals surface area contributed by atoms with E-state index in [2.05, 4.69) is 16.4 Å². The van der Waals surface area contributed by atoms with Crippen molar-refractivity contribution in [1.29, 1.82) is 0 Å². The van der Waals surface area contributed by atoms with Crippen molar-refractivity contribution in [2.45, 2.75) is 20.3 Å². The average molecular weight is 405 g/mol. The zero-order valence-corrected chi connectivity index (χ0v) is 16.9. The number of carbonyl (C=O) groups excluding carboxylic acids is 3. The summed E-state index contributed by atoms with van der Waals surface area (Å²) in [6, 6.07) is 13.0. The first-order valence-electron chi connectivity index (χ1n) is 9.18. The Bertz CT molecular complexity index is 1140. The number of nitrogens with zero attached hydrogens (tertiary/aromatic N) is 2. The summed E-state index contributed by atoms with van der Waals surface area (Å²) in [4.78, 5) is 42.8. The van der Waals surface area contributed by atoms with Gasteiger partial charge in [0.2, 0.25) is 11.8 Å². The monoisotopic (exact) mass is 405 g/mol. The van der Waals surface area contributed by atoms with Gasteiger partial charge in [0.1, 0.15) is 6.54 Å². The molecule has 4 rings (SSSR count). The Labute approximate surface area is 172 Å². The molecule has 0 unspecified atom stereocenters. The number of aromatic nitrogens is 1. The highest BCUT2D eigenvalue weighted by molar-refractivity contribution is 7.14. The van der Waals surface area contributed by atoms with Crippen LogP contribution >= 0.6 is 11.3 Å². The van der Waals surface area contributed by atoms with Crippen molar-refractivity contribution in [2.75, 3.05) is 11.9 Å². The molecular weight excluding hydrogens is 386 g/mol. The molecule has 2 aromatic carbocycles. The van der Waals surface area contributed by atoms with E-state index in [9.17, 15) is 14.4 Å². The van der Waals surface area contributed by atoms with Gasteiger partial charge in [-0.3, -0.25) is 19.3 Å². The molecule has 1 aliphatic rings. The zero-order valence-electron chi connectivity index (χ0n) is 16.1. The number of thiazole rings is 1. The van der Waals surface area contributed by atoms with Crippen LogP contribution in [0, 0.1) is 13.8 Å². The molecule has 0 spiro atoms. The number of hydrogen-bond acceptors (Lipinski definition) is 5. The highest BCUT2D eigenvalue weighted by atomic mass is 32.1. The standard InChI is InChI=1S/C22H19N3O3S/c1-13-7-8-16(9-14(13)2)18-12-29-22(23-18)24-19(26)11-25-20(27)10-15-5-3-4-6-17(15)21(25)28/h3-9,12H,10-11H2,1-2H3,(H,23,24,26). The van der Waals surface area contributed by atoms with Gasteiger partial charge in [-0.15, -0.1) is 11.3 Å². The van der Waals surface area contributed by atoms with Gasteiger partial charge in [-0.2, -0.15) is 0 Å². The third-order valence-corrected chi connectivity index (χ3v) is 5.75. The summed E-state index contributed by atoms with van der Waals surface area (Å²) >= 11 is 1.30. The van der Waals surface area contributed by atoms with E-state index >= 15 is 0 Å². The van der Waals surface area contributed by atoms with Crippen LogP contribution in [0.1, 0.15) is 27.0 Å². The number of hydrogen-bond donors (Lipinski definition) is 1. The molecule has 7 heteroatoms. The van der Waals surface area contributed by atoms with E-state index in [4.69, 9.17) is 0 Å². The number of nitrogens with one attached hydrogen (secondary N) is 1. The molecule has 1 aliphatic heterocycles. The van der Waals surface area contributed by atoms with Gasteiger partial charge in [-0.05, 0) is 42.7 Å². The maximum absolute atomic E-state index is 12.6. The minimum atomic E-state index is -0.452. The third kappa shape index (κ3) is 3.82. The van der Waals surface area contributed by atoms with E-state index in [0.717, 1.165) is 16.2 Å². The lowest BCUT2D eigenvalue weighted by Crippen LogP contribution is -2.46. The first kappa shape index (κ1) is 19.0. The number of amides is 3. The van der Waals surface area contributed by atoms with Crippen molar-refractivity contribution in [3.05, 3.63) is 70.1 Å². The fraction of sp³-hybridized carbons (Fsp3) is 0.182. The minimum Gasteiger partial charge on any atom is -0.300 e. The molecule has 2 heterocycles. The number of anilines is 1. The highest BCUT2D eigenvalue weighted by Gasteiger charge is 2.32. The molecule has 0 aliphatic carbocycles. The van der Waals surface area contributed by atoms with Gasteiger partial charge in [0.25, 0.3) is 5.91 Å². The molecule has 29 heavy (non-hydrogen) atoms. The molecule has 0 fully saturated rings. The predicted molar refractivity (Wildman–Crippen MR) is 112 cm³/mol. The van der Waals surface area contributed by atoms with Gasteiger partial charge in [0.15, 0.2) is 5.13 Å². The largest absolute Gasteiger partial charge is 0.300 e. The van der Waals surface area contributed by atoms with Crippen molar-refractivity contribution in [3.63, 3.8) is 0 Å². The fourth-order valence-corrected chi connectivity index (χ4v) is 3.96.